The molecule has 1 fully saturated rings. The standard InChI is InChI=1S/C16H25NO3S/c1-13-15(12-21(2,18)19)7-4-8-16(13)17-9-10-20-11-14-5-3-6-14/h4,7-8,14,17H,3,5-6,9-12H2,1-2H3. The van der Waals surface area contributed by atoms with Crippen LogP contribution in [0.4, 0.5) is 5.69 Å². The predicted octanol–water partition coefficient (Wildman–Crippen LogP) is 2.77. The Morgan fingerprint density at radius 3 is 2.71 bits per heavy atom. The Morgan fingerprint density at radius 1 is 1.33 bits per heavy atom. The summed E-state index contributed by atoms with van der Waals surface area (Å²) in [5, 5.41) is 3.33. The van der Waals surface area contributed by atoms with E-state index in [0.717, 1.165) is 35.9 Å². The summed E-state index contributed by atoms with van der Waals surface area (Å²) in [5.41, 5.74) is 2.85. The maximum atomic E-state index is 11.4. The number of sulfone groups is 1. The van der Waals surface area contributed by atoms with Crippen molar-refractivity contribution < 1.29 is 13.2 Å². The molecule has 1 saturated carbocycles. The van der Waals surface area contributed by atoms with E-state index in [1.807, 2.05) is 25.1 Å². The Balaban J connectivity index is 1.80. The largest absolute Gasteiger partial charge is 0.383 e. The van der Waals surface area contributed by atoms with Crippen LogP contribution in [-0.4, -0.2) is 34.4 Å². The van der Waals surface area contributed by atoms with Gasteiger partial charge in [0.1, 0.15) is 0 Å². The summed E-state index contributed by atoms with van der Waals surface area (Å²) in [6, 6.07) is 5.74. The van der Waals surface area contributed by atoms with Gasteiger partial charge in [-0.15, -0.1) is 0 Å². The molecule has 0 atom stereocenters. The van der Waals surface area contributed by atoms with Crippen molar-refractivity contribution in [1.29, 1.82) is 0 Å². The summed E-state index contributed by atoms with van der Waals surface area (Å²) in [4.78, 5) is 0. The van der Waals surface area contributed by atoms with Crippen LogP contribution < -0.4 is 5.32 Å². The normalized spacial score (nSPS) is 15.7. The lowest BCUT2D eigenvalue weighted by Crippen LogP contribution is -2.20. The quantitative estimate of drug-likeness (QED) is 0.750. The van der Waals surface area contributed by atoms with Crippen LogP contribution in [0, 0.1) is 12.8 Å². The molecule has 0 aromatic heterocycles. The van der Waals surface area contributed by atoms with Crippen LogP contribution in [0.3, 0.4) is 0 Å². The van der Waals surface area contributed by atoms with Gasteiger partial charge in [0, 0.05) is 25.1 Å². The molecule has 2 rings (SSSR count). The average Bonchev–Trinajstić information content (AvgIpc) is 2.34. The number of anilines is 1. The third-order valence-corrected chi connectivity index (χ3v) is 4.84. The van der Waals surface area contributed by atoms with Crippen LogP contribution in [0.25, 0.3) is 0 Å². The second-order valence-corrected chi connectivity index (χ2v) is 8.10. The van der Waals surface area contributed by atoms with Gasteiger partial charge in [-0.3, -0.25) is 0 Å². The fraction of sp³-hybridized carbons (Fsp3) is 0.625. The minimum Gasteiger partial charge on any atom is -0.383 e. The molecule has 1 aliphatic carbocycles. The molecule has 0 radical (unpaired) electrons. The molecule has 1 N–H and O–H groups in total. The zero-order chi connectivity index (χ0) is 15.3. The highest BCUT2D eigenvalue weighted by molar-refractivity contribution is 7.89. The molecule has 0 spiro atoms. The molecule has 1 aliphatic rings. The molecule has 0 saturated heterocycles. The zero-order valence-electron chi connectivity index (χ0n) is 12.9. The summed E-state index contributed by atoms with van der Waals surface area (Å²) in [6.45, 7) is 4.26. The van der Waals surface area contributed by atoms with Gasteiger partial charge in [0.2, 0.25) is 0 Å². The number of rotatable bonds is 8. The van der Waals surface area contributed by atoms with Gasteiger partial charge in [0.05, 0.1) is 12.4 Å². The molecule has 0 heterocycles. The van der Waals surface area contributed by atoms with Crippen LogP contribution in [0.1, 0.15) is 30.4 Å². The topological polar surface area (TPSA) is 55.4 Å². The molecular weight excluding hydrogens is 286 g/mol. The van der Waals surface area contributed by atoms with Crippen molar-refractivity contribution in [2.24, 2.45) is 5.92 Å². The first-order valence-corrected chi connectivity index (χ1v) is 9.59. The molecule has 21 heavy (non-hydrogen) atoms. The van der Waals surface area contributed by atoms with E-state index in [1.54, 1.807) is 0 Å². The highest BCUT2D eigenvalue weighted by Gasteiger charge is 2.16. The van der Waals surface area contributed by atoms with Crippen molar-refractivity contribution in [3.8, 4) is 0 Å². The molecule has 0 bridgehead atoms. The van der Waals surface area contributed by atoms with E-state index in [1.165, 1.54) is 25.5 Å². The van der Waals surface area contributed by atoms with E-state index in [2.05, 4.69) is 5.32 Å². The lowest BCUT2D eigenvalue weighted by Gasteiger charge is -2.24. The van der Waals surface area contributed by atoms with Gasteiger partial charge >= 0.3 is 0 Å². The van der Waals surface area contributed by atoms with Crippen molar-refractivity contribution in [2.75, 3.05) is 31.3 Å². The van der Waals surface area contributed by atoms with Gasteiger partial charge in [-0.2, -0.15) is 0 Å². The number of benzene rings is 1. The molecule has 1 aromatic rings. The molecule has 1 aromatic carbocycles. The first kappa shape index (κ1) is 16.3. The summed E-state index contributed by atoms with van der Waals surface area (Å²) >= 11 is 0. The van der Waals surface area contributed by atoms with Gasteiger partial charge in [0.25, 0.3) is 0 Å². The van der Waals surface area contributed by atoms with Gasteiger partial charge in [-0.1, -0.05) is 18.6 Å². The van der Waals surface area contributed by atoms with E-state index in [0.29, 0.717) is 6.61 Å². The van der Waals surface area contributed by atoms with Crippen molar-refractivity contribution in [3.05, 3.63) is 29.3 Å². The highest BCUT2D eigenvalue weighted by atomic mass is 32.2. The Labute approximate surface area is 127 Å². The predicted molar refractivity (Wildman–Crippen MR) is 86.4 cm³/mol. The fourth-order valence-corrected chi connectivity index (χ4v) is 3.36. The number of hydrogen-bond acceptors (Lipinski definition) is 4. The maximum Gasteiger partial charge on any atom is 0.151 e. The van der Waals surface area contributed by atoms with Gasteiger partial charge < -0.3 is 10.1 Å². The molecule has 118 valence electrons. The Morgan fingerprint density at radius 2 is 2.10 bits per heavy atom. The maximum absolute atomic E-state index is 11.4. The number of hydrogen-bond donors (Lipinski definition) is 1. The second-order valence-electron chi connectivity index (χ2n) is 5.96. The fourth-order valence-electron chi connectivity index (χ4n) is 2.48. The van der Waals surface area contributed by atoms with Gasteiger partial charge in [-0.05, 0) is 42.9 Å². The van der Waals surface area contributed by atoms with Crippen molar-refractivity contribution in [2.45, 2.75) is 31.9 Å². The third-order valence-electron chi connectivity index (χ3n) is 4.00. The third kappa shape index (κ3) is 5.32. The van der Waals surface area contributed by atoms with E-state index in [-0.39, 0.29) is 5.75 Å². The molecule has 5 heteroatoms. The Hall–Kier alpha value is -1.07. The number of ether oxygens (including phenoxy) is 1. The lowest BCUT2D eigenvalue weighted by atomic mass is 9.86. The van der Waals surface area contributed by atoms with E-state index >= 15 is 0 Å². The van der Waals surface area contributed by atoms with Crippen molar-refractivity contribution >= 4 is 15.5 Å². The van der Waals surface area contributed by atoms with Crippen LogP contribution in [-0.2, 0) is 20.3 Å². The summed E-state index contributed by atoms with van der Waals surface area (Å²) < 4.78 is 28.5. The summed E-state index contributed by atoms with van der Waals surface area (Å²) in [7, 11) is -3.00. The van der Waals surface area contributed by atoms with Gasteiger partial charge in [-0.25, -0.2) is 8.42 Å². The molecule has 4 nitrogen and oxygen atoms in total. The highest BCUT2D eigenvalue weighted by Crippen LogP contribution is 2.26. The van der Waals surface area contributed by atoms with E-state index < -0.39 is 9.84 Å². The SMILES string of the molecule is Cc1c(CS(C)(=O)=O)cccc1NCCOCC1CCC1. The summed E-state index contributed by atoms with van der Waals surface area (Å²) in [6.07, 6.45) is 5.22. The zero-order valence-corrected chi connectivity index (χ0v) is 13.7. The molecule has 0 amide bonds. The average molecular weight is 311 g/mol. The molecule has 0 unspecified atom stereocenters. The van der Waals surface area contributed by atoms with Gasteiger partial charge in [0.15, 0.2) is 9.84 Å². The smallest absolute Gasteiger partial charge is 0.151 e. The Kier molecular flexibility index (Phi) is 5.65. The lowest BCUT2D eigenvalue weighted by molar-refractivity contribution is 0.0767. The summed E-state index contributed by atoms with van der Waals surface area (Å²) in [5.74, 6) is 0.858. The van der Waals surface area contributed by atoms with E-state index in [9.17, 15) is 8.42 Å². The first-order valence-electron chi connectivity index (χ1n) is 7.53. The molecule has 0 aliphatic heterocycles. The van der Waals surface area contributed by atoms with Crippen LogP contribution in [0.15, 0.2) is 18.2 Å². The van der Waals surface area contributed by atoms with Crippen LogP contribution >= 0.6 is 0 Å². The second kappa shape index (κ2) is 7.27. The van der Waals surface area contributed by atoms with E-state index in [4.69, 9.17) is 4.74 Å². The van der Waals surface area contributed by atoms with Crippen molar-refractivity contribution in [1.82, 2.24) is 0 Å². The Bertz CT molecular complexity index is 565. The minimum atomic E-state index is -3.00. The van der Waals surface area contributed by atoms with Crippen LogP contribution in [0.2, 0.25) is 0 Å². The molecular formula is C16H25NO3S. The van der Waals surface area contributed by atoms with Crippen LogP contribution in [0.5, 0.6) is 0 Å². The first-order chi connectivity index (χ1) is 9.96. The minimum absolute atomic E-state index is 0.0898. The monoisotopic (exact) mass is 311 g/mol. The van der Waals surface area contributed by atoms with Crippen molar-refractivity contribution in [3.63, 3.8) is 0 Å². The number of nitrogens with one attached hydrogen (secondary N) is 1.